The van der Waals surface area contributed by atoms with Gasteiger partial charge in [-0.3, -0.25) is 4.79 Å². The lowest BCUT2D eigenvalue weighted by Crippen LogP contribution is -2.41. The first-order chi connectivity index (χ1) is 13.8. The molecule has 2 aromatic rings. The highest BCUT2D eigenvalue weighted by atomic mass is 35.5. The monoisotopic (exact) mass is 435 g/mol. The van der Waals surface area contributed by atoms with E-state index in [1.807, 2.05) is 0 Å². The highest BCUT2D eigenvalue weighted by Gasteiger charge is 2.25. The van der Waals surface area contributed by atoms with Crippen molar-refractivity contribution in [2.24, 2.45) is 5.10 Å². The quantitative estimate of drug-likeness (QED) is 0.429. The van der Waals surface area contributed by atoms with Crippen molar-refractivity contribution in [3.05, 3.63) is 58.6 Å². The van der Waals surface area contributed by atoms with Crippen LogP contribution in [-0.2, 0) is 14.4 Å². The Labute approximate surface area is 175 Å². The predicted molar refractivity (Wildman–Crippen MR) is 115 cm³/mol. The zero-order valence-corrected chi connectivity index (χ0v) is 17.5. The number of hydrogen-bond donors (Lipinski definition) is 2. The lowest BCUT2D eigenvalue weighted by atomic mass is 10.1. The van der Waals surface area contributed by atoms with Gasteiger partial charge in [-0.2, -0.15) is 5.10 Å². The fraction of sp³-hybridized carbons (Fsp3) is 0.250. The lowest BCUT2D eigenvalue weighted by molar-refractivity contribution is 0.0749. The molecule has 154 valence electrons. The molecular weight excluding hydrogens is 414 g/mol. The molecule has 1 atom stereocenters. The van der Waals surface area contributed by atoms with E-state index in [-0.39, 0.29) is 11.3 Å². The van der Waals surface area contributed by atoms with E-state index in [0.717, 1.165) is 0 Å². The van der Waals surface area contributed by atoms with Gasteiger partial charge < -0.3 is 9.84 Å². The first-order valence-corrected chi connectivity index (χ1v) is 11.0. The molecule has 0 saturated carbocycles. The normalized spacial score (nSPS) is 17.5. The average Bonchev–Trinajstić information content (AvgIpc) is 2.74. The third-order valence-corrected chi connectivity index (χ3v) is 7.01. The predicted octanol–water partition coefficient (Wildman–Crippen LogP) is 2.52. The van der Waals surface area contributed by atoms with Crippen LogP contribution in [0, 0.1) is 0 Å². The van der Waals surface area contributed by atoms with Crippen LogP contribution in [0.5, 0.6) is 5.75 Å². The number of amides is 1. The number of carbonyl (C=O) groups is 1. The highest BCUT2D eigenvalue weighted by molar-refractivity contribution is 7.98. The number of morpholine rings is 1. The molecule has 29 heavy (non-hydrogen) atoms. The molecule has 0 bridgehead atoms. The Balaban J connectivity index is 1.86. The fourth-order valence-corrected chi connectivity index (χ4v) is 4.95. The molecule has 1 heterocycles. The van der Waals surface area contributed by atoms with Gasteiger partial charge in [0.05, 0.1) is 39.1 Å². The molecule has 1 saturated heterocycles. The standard InChI is InChI=1S/C20H22ClN3O4S/c1-14(17-13-15(21)7-8-18(17)25)22-23-20(26)16-5-3-4-6-19(16)29(2,27)24-9-11-28-12-10-24/h3-8,13,25H,2,9-12H2,1H3,(H,23,26)/b22-14+. The summed E-state index contributed by atoms with van der Waals surface area (Å²) >= 11 is 5.96. The summed E-state index contributed by atoms with van der Waals surface area (Å²) in [5, 5.41) is 14.5. The zero-order chi connectivity index (χ0) is 21.0. The van der Waals surface area contributed by atoms with Gasteiger partial charge in [-0.05, 0) is 43.1 Å². The minimum Gasteiger partial charge on any atom is -0.507 e. The maximum absolute atomic E-state index is 13.4. The molecule has 7 nitrogen and oxygen atoms in total. The average molecular weight is 436 g/mol. The molecule has 1 aliphatic heterocycles. The van der Waals surface area contributed by atoms with Crippen LogP contribution in [-0.4, -0.2) is 57.4 Å². The summed E-state index contributed by atoms with van der Waals surface area (Å²) < 4.78 is 20.5. The summed E-state index contributed by atoms with van der Waals surface area (Å²) in [4.78, 5) is 13.1. The van der Waals surface area contributed by atoms with E-state index in [1.54, 1.807) is 47.6 Å². The maximum atomic E-state index is 13.4. The van der Waals surface area contributed by atoms with E-state index in [2.05, 4.69) is 16.4 Å². The second-order valence-corrected chi connectivity index (χ2v) is 9.15. The number of nitrogens with one attached hydrogen (secondary N) is 1. The Kier molecular flexibility index (Phi) is 6.59. The molecule has 0 spiro atoms. The van der Waals surface area contributed by atoms with E-state index >= 15 is 0 Å². The number of nitrogens with zero attached hydrogens (tertiary/aromatic N) is 2. The van der Waals surface area contributed by atoms with Crippen molar-refractivity contribution < 1.29 is 18.8 Å². The molecule has 1 amide bonds. The third kappa shape index (κ3) is 4.79. The first kappa shape index (κ1) is 21.3. The molecule has 0 aliphatic carbocycles. The van der Waals surface area contributed by atoms with Crippen molar-refractivity contribution >= 4 is 38.8 Å². The van der Waals surface area contributed by atoms with E-state index in [1.165, 1.54) is 6.07 Å². The van der Waals surface area contributed by atoms with Gasteiger partial charge in [0.1, 0.15) is 5.75 Å². The molecule has 0 radical (unpaired) electrons. The van der Waals surface area contributed by atoms with Crippen LogP contribution < -0.4 is 5.43 Å². The van der Waals surface area contributed by atoms with Crippen molar-refractivity contribution in [3.8, 4) is 5.75 Å². The summed E-state index contributed by atoms with van der Waals surface area (Å²) in [5.74, 6) is 3.38. The van der Waals surface area contributed by atoms with Gasteiger partial charge in [-0.25, -0.2) is 13.9 Å². The molecule has 2 N–H and O–H groups in total. The molecule has 2 aromatic carbocycles. The Hall–Kier alpha value is -2.39. The largest absolute Gasteiger partial charge is 0.507 e. The smallest absolute Gasteiger partial charge is 0.272 e. The van der Waals surface area contributed by atoms with Crippen LogP contribution >= 0.6 is 11.6 Å². The van der Waals surface area contributed by atoms with E-state index < -0.39 is 15.6 Å². The second-order valence-electron chi connectivity index (χ2n) is 6.48. The van der Waals surface area contributed by atoms with Gasteiger partial charge in [-0.15, -0.1) is 0 Å². The molecule has 1 fully saturated rings. The molecule has 1 unspecified atom stereocenters. The number of rotatable bonds is 5. The minimum absolute atomic E-state index is 0.00149. The van der Waals surface area contributed by atoms with Gasteiger partial charge in [0.2, 0.25) is 0 Å². The summed E-state index contributed by atoms with van der Waals surface area (Å²) in [6.07, 6.45) is 0. The molecular formula is C20H22ClN3O4S. The van der Waals surface area contributed by atoms with Crippen LogP contribution in [0.15, 0.2) is 52.5 Å². The Morgan fingerprint density at radius 2 is 1.93 bits per heavy atom. The summed E-state index contributed by atoms with van der Waals surface area (Å²) in [6.45, 7) is 3.52. The number of aromatic hydroxyl groups is 1. The maximum Gasteiger partial charge on any atom is 0.272 e. The summed E-state index contributed by atoms with van der Waals surface area (Å²) in [7, 11) is -2.85. The van der Waals surface area contributed by atoms with Gasteiger partial charge in [0.15, 0.2) is 0 Å². The van der Waals surface area contributed by atoms with E-state index in [9.17, 15) is 14.1 Å². The number of ether oxygens (including phenoxy) is 1. The van der Waals surface area contributed by atoms with Crippen LogP contribution in [0.2, 0.25) is 5.02 Å². The van der Waals surface area contributed by atoms with Crippen molar-refractivity contribution in [3.63, 3.8) is 0 Å². The van der Waals surface area contributed by atoms with E-state index in [0.29, 0.717) is 47.5 Å². The number of hydrogen-bond acceptors (Lipinski definition) is 5. The van der Waals surface area contributed by atoms with Crippen LogP contribution in [0.3, 0.4) is 0 Å². The zero-order valence-electron chi connectivity index (χ0n) is 15.9. The summed E-state index contributed by atoms with van der Waals surface area (Å²) in [6, 6.07) is 11.2. The number of halogens is 1. The number of carbonyl (C=O) groups excluding carboxylic acids is 1. The highest BCUT2D eigenvalue weighted by Crippen LogP contribution is 2.23. The van der Waals surface area contributed by atoms with Crippen LogP contribution in [0.1, 0.15) is 22.8 Å². The minimum atomic E-state index is -2.85. The van der Waals surface area contributed by atoms with Crippen LogP contribution in [0.25, 0.3) is 0 Å². The first-order valence-electron chi connectivity index (χ1n) is 8.93. The van der Waals surface area contributed by atoms with Crippen molar-refractivity contribution in [1.82, 2.24) is 9.73 Å². The topological polar surface area (TPSA) is 91.2 Å². The third-order valence-electron chi connectivity index (χ3n) is 4.54. The van der Waals surface area contributed by atoms with Gasteiger partial charge >= 0.3 is 0 Å². The second kappa shape index (κ2) is 8.96. The number of phenols is 1. The number of hydrazone groups is 1. The lowest BCUT2D eigenvalue weighted by Gasteiger charge is -2.30. The number of phenolic OH excluding ortho intramolecular Hbond substituents is 1. The Morgan fingerprint density at radius 3 is 2.66 bits per heavy atom. The Morgan fingerprint density at radius 1 is 1.24 bits per heavy atom. The van der Waals surface area contributed by atoms with Crippen molar-refractivity contribution in [1.29, 1.82) is 0 Å². The van der Waals surface area contributed by atoms with Gasteiger partial charge in [-0.1, -0.05) is 23.7 Å². The molecule has 1 aliphatic rings. The van der Waals surface area contributed by atoms with Gasteiger partial charge in [0, 0.05) is 23.7 Å². The molecule has 0 aromatic heterocycles. The van der Waals surface area contributed by atoms with E-state index in [4.69, 9.17) is 16.3 Å². The molecule has 9 heteroatoms. The van der Waals surface area contributed by atoms with Crippen molar-refractivity contribution in [2.75, 3.05) is 26.3 Å². The fourth-order valence-electron chi connectivity index (χ4n) is 2.97. The SMILES string of the molecule is C=S(=O)(c1ccccc1C(=O)N/N=C(\C)c1cc(Cl)ccc1O)N1CCOCC1. The number of benzene rings is 2. The van der Waals surface area contributed by atoms with Crippen molar-refractivity contribution in [2.45, 2.75) is 11.8 Å². The summed E-state index contributed by atoms with van der Waals surface area (Å²) in [5.41, 5.74) is 3.46. The van der Waals surface area contributed by atoms with Crippen LogP contribution in [0.4, 0.5) is 0 Å². The van der Waals surface area contributed by atoms with Gasteiger partial charge in [0.25, 0.3) is 5.91 Å². The molecule has 3 rings (SSSR count). The Bertz CT molecular complexity index is 1050.